The highest BCUT2D eigenvalue weighted by Crippen LogP contribution is 2.46. The maximum atomic E-state index is 10.2. The van der Waals surface area contributed by atoms with Crippen LogP contribution in [0.4, 0.5) is 0 Å². The molecule has 2 heterocycles. The Kier molecular flexibility index (Phi) is 3.85. The smallest absolute Gasteiger partial charge is 0.164 e. The molecular formula is C16H23NO3. The van der Waals surface area contributed by atoms with Gasteiger partial charge in [-0.2, -0.15) is 0 Å². The molecule has 1 saturated heterocycles. The van der Waals surface area contributed by atoms with Gasteiger partial charge in [0.05, 0.1) is 12.6 Å². The Hall–Kier alpha value is -1.26. The summed E-state index contributed by atoms with van der Waals surface area (Å²) in [6, 6.07) is 4.27. The van der Waals surface area contributed by atoms with Gasteiger partial charge in [0, 0.05) is 17.0 Å². The van der Waals surface area contributed by atoms with Crippen molar-refractivity contribution >= 4 is 0 Å². The first kappa shape index (κ1) is 13.7. The zero-order valence-corrected chi connectivity index (χ0v) is 12.0. The molecule has 1 aromatic rings. The number of piperidine rings is 1. The van der Waals surface area contributed by atoms with Crippen LogP contribution >= 0.6 is 0 Å². The molecule has 2 atom stereocenters. The van der Waals surface area contributed by atoms with E-state index in [9.17, 15) is 10.2 Å². The summed E-state index contributed by atoms with van der Waals surface area (Å²) in [6.45, 7) is 4.95. The van der Waals surface area contributed by atoms with Crippen molar-refractivity contribution in [2.45, 2.75) is 44.8 Å². The van der Waals surface area contributed by atoms with E-state index in [4.69, 9.17) is 4.74 Å². The summed E-state index contributed by atoms with van der Waals surface area (Å²) in [5.41, 5.74) is 1.65. The van der Waals surface area contributed by atoms with Gasteiger partial charge >= 0.3 is 0 Å². The van der Waals surface area contributed by atoms with Crippen LogP contribution in [0.25, 0.3) is 0 Å². The molecule has 2 aliphatic rings. The first-order valence-corrected chi connectivity index (χ1v) is 7.58. The Labute approximate surface area is 120 Å². The number of hydrogen-bond donors (Lipinski definition) is 2. The van der Waals surface area contributed by atoms with Gasteiger partial charge in [0.15, 0.2) is 11.5 Å². The molecule has 3 rings (SSSR count). The Bertz CT molecular complexity index is 487. The number of aliphatic hydroxyl groups is 1. The lowest BCUT2D eigenvalue weighted by molar-refractivity contribution is 0.0641. The molecule has 1 aromatic carbocycles. The van der Waals surface area contributed by atoms with Gasteiger partial charge in [0.2, 0.25) is 0 Å². The molecule has 20 heavy (non-hydrogen) atoms. The number of aliphatic hydroxyl groups excluding tert-OH is 1. The third kappa shape index (κ3) is 2.17. The van der Waals surface area contributed by atoms with E-state index in [1.807, 2.05) is 12.1 Å². The van der Waals surface area contributed by atoms with Gasteiger partial charge < -0.3 is 14.9 Å². The van der Waals surface area contributed by atoms with Crippen LogP contribution in [0.2, 0.25) is 0 Å². The first-order valence-electron chi connectivity index (χ1n) is 7.58. The van der Waals surface area contributed by atoms with Gasteiger partial charge in [-0.15, -0.1) is 0 Å². The number of nitrogens with zero attached hydrogens (tertiary/aromatic N) is 1. The zero-order chi connectivity index (χ0) is 14.1. The normalized spacial score (nSPS) is 25.7. The van der Waals surface area contributed by atoms with Crippen molar-refractivity contribution in [1.82, 2.24) is 4.90 Å². The molecule has 0 unspecified atom stereocenters. The average molecular weight is 277 g/mol. The molecular weight excluding hydrogens is 254 g/mol. The lowest BCUT2D eigenvalue weighted by Gasteiger charge is -2.44. The summed E-state index contributed by atoms with van der Waals surface area (Å²) >= 11 is 0. The zero-order valence-electron chi connectivity index (χ0n) is 12.0. The molecule has 0 radical (unpaired) electrons. The molecule has 2 aliphatic heterocycles. The lowest BCUT2D eigenvalue weighted by Crippen LogP contribution is -2.49. The van der Waals surface area contributed by atoms with E-state index in [1.165, 1.54) is 6.42 Å². The number of rotatable bonds is 3. The second-order valence-electron chi connectivity index (χ2n) is 5.81. The fourth-order valence-electron chi connectivity index (χ4n) is 3.64. The summed E-state index contributed by atoms with van der Waals surface area (Å²) in [4.78, 5) is 2.52. The summed E-state index contributed by atoms with van der Waals surface area (Å²) in [5.74, 6) is 1.16. The van der Waals surface area contributed by atoms with Crippen LogP contribution in [0, 0.1) is 0 Å². The molecule has 0 amide bonds. The van der Waals surface area contributed by atoms with Crippen molar-refractivity contribution in [3.05, 3.63) is 23.3 Å². The highest BCUT2D eigenvalue weighted by atomic mass is 16.5. The van der Waals surface area contributed by atoms with Gasteiger partial charge in [-0.05, 0) is 32.4 Å². The molecule has 4 nitrogen and oxygen atoms in total. The van der Waals surface area contributed by atoms with Crippen LogP contribution in [-0.4, -0.2) is 40.9 Å². The molecule has 0 saturated carbocycles. The van der Waals surface area contributed by atoms with Crippen molar-refractivity contribution < 1.29 is 14.9 Å². The molecule has 0 aromatic heterocycles. The Balaban J connectivity index is 1.94. The van der Waals surface area contributed by atoms with E-state index in [2.05, 4.69) is 11.8 Å². The van der Waals surface area contributed by atoms with E-state index in [1.54, 1.807) is 0 Å². The monoisotopic (exact) mass is 277 g/mol. The third-order valence-electron chi connectivity index (χ3n) is 4.62. The van der Waals surface area contributed by atoms with Crippen LogP contribution in [-0.2, 0) is 6.61 Å². The standard InChI is InChI=1S/C16H23NO3/c1-2-7-17-8-3-4-12-13-6-5-11(9-18)15(19)16(13)20-10-14(12)17/h5-6,12,14,18-19H,2-4,7-10H2,1H3/t12-,14-/m1/s1. The van der Waals surface area contributed by atoms with E-state index in [0.717, 1.165) is 31.5 Å². The Morgan fingerprint density at radius 2 is 2.25 bits per heavy atom. The largest absolute Gasteiger partial charge is 0.504 e. The minimum atomic E-state index is -0.154. The topological polar surface area (TPSA) is 52.9 Å². The summed E-state index contributed by atoms with van der Waals surface area (Å²) < 4.78 is 5.84. The highest BCUT2D eigenvalue weighted by molar-refractivity contribution is 5.53. The minimum Gasteiger partial charge on any atom is -0.504 e. The Morgan fingerprint density at radius 1 is 1.40 bits per heavy atom. The number of phenols is 1. The van der Waals surface area contributed by atoms with Gasteiger partial charge in [-0.3, -0.25) is 4.90 Å². The third-order valence-corrected chi connectivity index (χ3v) is 4.62. The van der Waals surface area contributed by atoms with Gasteiger partial charge in [0.1, 0.15) is 6.61 Å². The van der Waals surface area contributed by atoms with Crippen molar-refractivity contribution in [1.29, 1.82) is 0 Å². The van der Waals surface area contributed by atoms with Crippen LogP contribution < -0.4 is 4.74 Å². The minimum absolute atomic E-state index is 0.121. The number of benzene rings is 1. The van der Waals surface area contributed by atoms with Crippen LogP contribution in [0.3, 0.4) is 0 Å². The van der Waals surface area contributed by atoms with E-state index in [0.29, 0.717) is 29.9 Å². The van der Waals surface area contributed by atoms with E-state index >= 15 is 0 Å². The van der Waals surface area contributed by atoms with Crippen LogP contribution in [0.15, 0.2) is 12.1 Å². The quantitative estimate of drug-likeness (QED) is 0.889. The number of fused-ring (bicyclic) bond motifs is 3. The van der Waals surface area contributed by atoms with E-state index < -0.39 is 0 Å². The number of likely N-dealkylation sites (tertiary alicyclic amines) is 1. The number of ether oxygens (including phenoxy) is 1. The first-order chi connectivity index (χ1) is 9.76. The molecule has 0 aliphatic carbocycles. The van der Waals surface area contributed by atoms with Crippen molar-refractivity contribution in [2.75, 3.05) is 19.7 Å². The average Bonchev–Trinajstić information content (AvgIpc) is 2.48. The van der Waals surface area contributed by atoms with Crippen LogP contribution in [0.1, 0.15) is 43.2 Å². The lowest BCUT2D eigenvalue weighted by atomic mass is 9.81. The maximum absolute atomic E-state index is 10.2. The molecule has 2 N–H and O–H groups in total. The van der Waals surface area contributed by atoms with Gasteiger partial charge in [-0.1, -0.05) is 19.1 Å². The fourth-order valence-corrected chi connectivity index (χ4v) is 3.64. The van der Waals surface area contributed by atoms with Crippen LogP contribution in [0.5, 0.6) is 11.5 Å². The SMILES string of the molecule is CCCN1CCC[C@@H]2c3ccc(CO)c(O)c3OC[C@H]21. The number of hydrogen-bond acceptors (Lipinski definition) is 4. The fraction of sp³-hybridized carbons (Fsp3) is 0.625. The molecule has 0 bridgehead atoms. The van der Waals surface area contributed by atoms with Gasteiger partial charge in [0.25, 0.3) is 0 Å². The van der Waals surface area contributed by atoms with Gasteiger partial charge in [-0.25, -0.2) is 0 Å². The summed E-state index contributed by atoms with van der Waals surface area (Å²) in [5, 5.41) is 19.4. The molecule has 4 heteroatoms. The van der Waals surface area contributed by atoms with Crippen molar-refractivity contribution in [2.24, 2.45) is 0 Å². The summed E-state index contributed by atoms with van der Waals surface area (Å²) in [7, 11) is 0. The Morgan fingerprint density at radius 3 is 3.00 bits per heavy atom. The van der Waals surface area contributed by atoms with E-state index in [-0.39, 0.29) is 12.4 Å². The predicted molar refractivity (Wildman–Crippen MR) is 77.2 cm³/mol. The van der Waals surface area contributed by atoms with Crippen molar-refractivity contribution in [3.8, 4) is 11.5 Å². The molecule has 0 spiro atoms. The summed E-state index contributed by atoms with van der Waals surface area (Å²) in [6.07, 6.45) is 3.51. The highest BCUT2D eigenvalue weighted by Gasteiger charge is 2.38. The molecule has 1 fully saturated rings. The maximum Gasteiger partial charge on any atom is 0.164 e. The second-order valence-corrected chi connectivity index (χ2v) is 5.81. The van der Waals surface area contributed by atoms with Crippen molar-refractivity contribution in [3.63, 3.8) is 0 Å². The predicted octanol–water partition coefficient (Wildman–Crippen LogP) is 2.23. The number of aromatic hydroxyl groups is 1. The molecule has 110 valence electrons. The second kappa shape index (κ2) is 5.62.